The Balaban J connectivity index is 1.47. The lowest BCUT2D eigenvalue weighted by Gasteiger charge is -2.19. The number of ether oxygens (including phenoxy) is 1. The zero-order valence-corrected chi connectivity index (χ0v) is 20.8. The number of fused-ring (bicyclic) bond motifs is 1. The summed E-state index contributed by atoms with van der Waals surface area (Å²) in [6, 6.07) is 14.4. The van der Waals surface area contributed by atoms with Crippen LogP contribution in [0.5, 0.6) is 0 Å². The van der Waals surface area contributed by atoms with Crippen molar-refractivity contribution in [3.05, 3.63) is 59.8 Å². The van der Waals surface area contributed by atoms with Crippen molar-refractivity contribution in [1.82, 2.24) is 30.8 Å². The molecule has 0 aliphatic heterocycles. The Morgan fingerprint density at radius 2 is 1.73 bits per heavy atom. The van der Waals surface area contributed by atoms with Gasteiger partial charge in [0, 0.05) is 29.6 Å². The van der Waals surface area contributed by atoms with Crippen molar-refractivity contribution in [1.29, 1.82) is 0 Å². The third-order valence-electron chi connectivity index (χ3n) is 5.35. The van der Waals surface area contributed by atoms with Gasteiger partial charge in [-0.2, -0.15) is 5.10 Å². The summed E-state index contributed by atoms with van der Waals surface area (Å²) in [6.07, 6.45) is 0.0407. The average molecular weight is 504 g/mol. The van der Waals surface area contributed by atoms with Gasteiger partial charge < -0.3 is 26.1 Å². The molecule has 11 nitrogen and oxygen atoms in total. The number of nitrogens with two attached hydrogens (primary N) is 1. The van der Waals surface area contributed by atoms with Gasteiger partial charge in [-0.05, 0) is 45.4 Å². The zero-order chi connectivity index (χ0) is 26.6. The summed E-state index contributed by atoms with van der Waals surface area (Å²) < 4.78 is 5.18. The molecule has 192 valence electrons. The van der Waals surface area contributed by atoms with E-state index in [4.69, 9.17) is 10.5 Å². The van der Waals surface area contributed by atoms with Crippen molar-refractivity contribution in [3.8, 4) is 22.8 Å². The van der Waals surface area contributed by atoms with E-state index in [-0.39, 0.29) is 11.6 Å². The predicted octanol–water partition coefficient (Wildman–Crippen LogP) is 3.36. The lowest BCUT2D eigenvalue weighted by molar-refractivity contribution is 0.0527. The van der Waals surface area contributed by atoms with E-state index in [1.54, 1.807) is 39.0 Å². The summed E-state index contributed by atoms with van der Waals surface area (Å²) in [5, 5.41) is 13.4. The van der Waals surface area contributed by atoms with Crippen LogP contribution in [0.25, 0.3) is 33.7 Å². The molecule has 37 heavy (non-hydrogen) atoms. The Bertz CT molecular complexity index is 1430. The van der Waals surface area contributed by atoms with Crippen molar-refractivity contribution >= 4 is 28.8 Å². The molecule has 0 aliphatic rings. The van der Waals surface area contributed by atoms with Gasteiger partial charge in [0.2, 0.25) is 0 Å². The molecule has 0 spiro atoms. The van der Waals surface area contributed by atoms with Crippen LogP contribution in [0.4, 0.5) is 4.79 Å². The van der Waals surface area contributed by atoms with E-state index in [2.05, 4.69) is 30.8 Å². The second-order valence-corrected chi connectivity index (χ2v) is 9.41. The van der Waals surface area contributed by atoms with E-state index >= 15 is 0 Å². The van der Waals surface area contributed by atoms with Gasteiger partial charge in [-0.15, -0.1) is 0 Å². The second-order valence-electron chi connectivity index (χ2n) is 9.41. The molecular formula is C26H29N7O4. The number of amides is 3. The SMILES string of the molecule is CC(C)(C)OC(=O)NCCCNC(=O)c1ccc2[nH]nc(-c3nc(-c4ccccc4)c(C(N)=O)[nH]3)c2c1. The number of carbonyl (C=O) groups excluding carboxylic acids is 3. The molecule has 2 aromatic heterocycles. The van der Waals surface area contributed by atoms with Gasteiger partial charge in [0.25, 0.3) is 11.8 Å². The summed E-state index contributed by atoms with van der Waals surface area (Å²) in [5.74, 6) is -0.558. The number of primary amides is 1. The van der Waals surface area contributed by atoms with Gasteiger partial charge in [0.1, 0.15) is 22.7 Å². The van der Waals surface area contributed by atoms with Crippen molar-refractivity contribution in [2.24, 2.45) is 5.73 Å². The number of alkyl carbamates (subject to hydrolysis) is 1. The van der Waals surface area contributed by atoms with Gasteiger partial charge in [-0.3, -0.25) is 14.7 Å². The first-order valence-electron chi connectivity index (χ1n) is 11.8. The lowest BCUT2D eigenvalue weighted by atomic mass is 10.1. The van der Waals surface area contributed by atoms with Crippen molar-refractivity contribution < 1.29 is 19.1 Å². The fourth-order valence-corrected chi connectivity index (χ4v) is 3.70. The highest BCUT2D eigenvalue weighted by Gasteiger charge is 2.21. The standard InChI is InChI=1S/C26H29N7O4/c1-26(2,3)37-25(36)29-13-7-12-28-24(35)16-10-11-18-17(14-16)20(33-32-18)23-30-19(21(31-23)22(27)34)15-8-5-4-6-9-15/h4-6,8-11,14H,7,12-13H2,1-3H3,(H2,27,34)(H,28,35)(H,29,36)(H,30,31)(H,32,33). The molecule has 0 saturated heterocycles. The molecular weight excluding hydrogens is 474 g/mol. The maximum atomic E-state index is 12.7. The van der Waals surface area contributed by atoms with Gasteiger partial charge in [-0.1, -0.05) is 30.3 Å². The monoisotopic (exact) mass is 503 g/mol. The van der Waals surface area contributed by atoms with Crippen LogP contribution in [0.15, 0.2) is 48.5 Å². The van der Waals surface area contributed by atoms with Crippen molar-refractivity contribution in [3.63, 3.8) is 0 Å². The van der Waals surface area contributed by atoms with Gasteiger partial charge in [0.15, 0.2) is 5.82 Å². The van der Waals surface area contributed by atoms with Crippen molar-refractivity contribution in [2.45, 2.75) is 32.8 Å². The summed E-state index contributed by atoms with van der Waals surface area (Å²) in [4.78, 5) is 44.1. The molecule has 0 aliphatic carbocycles. The number of carbonyl (C=O) groups is 3. The topological polar surface area (TPSA) is 168 Å². The molecule has 0 radical (unpaired) electrons. The van der Waals surface area contributed by atoms with Crippen LogP contribution in [0.1, 0.15) is 48.0 Å². The molecule has 2 aromatic carbocycles. The van der Waals surface area contributed by atoms with Crippen LogP contribution in [-0.4, -0.2) is 56.8 Å². The Morgan fingerprint density at radius 1 is 1.00 bits per heavy atom. The van der Waals surface area contributed by atoms with Crippen LogP contribution in [-0.2, 0) is 4.74 Å². The first-order chi connectivity index (χ1) is 17.6. The molecule has 0 fully saturated rings. The molecule has 6 N–H and O–H groups in total. The molecule has 0 atom stereocenters. The third-order valence-corrected chi connectivity index (χ3v) is 5.35. The number of hydrogen-bond acceptors (Lipinski definition) is 6. The van der Waals surface area contributed by atoms with E-state index in [1.807, 2.05) is 30.3 Å². The minimum Gasteiger partial charge on any atom is -0.444 e. The quantitative estimate of drug-likeness (QED) is 0.231. The van der Waals surface area contributed by atoms with Crippen molar-refractivity contribution in [2.75, 3.05) is 13.1 Å². The first-order valence-corrected chi connectivity index (χ1v) is 11.8. The Labute approximate surface area is 213 Å². The molecule has 11 heteroatoms. The third kappa shape index (κ3) is 6.13. The van der Waals surface area contributed by atoms with Crippen LogP contribution >= 0.6 is 0 Å². The molecule has 4 rings (SSSR count). The maximum absolute atomic E-state index is 12.7. The largest absolute Gasteiger partial charge is 0.444 e. The number of nitrogens with zero attached hydrogens (tertiary/aromatic N) is 2. The normalized spacial score (nSPS) is 11.3. The molecule has 0 saturated carbocycles. The molecule has 0 bridgehead atoms. The van der Waals surface area contributed by atoms with E-state index < -0.39 is 17.6 Å². The minimum absolute atomic E-state index is 0.172. The molecule has 0 unspecified atom stereocenters. The van der Waals surface area contributed by atoms with Gasteiger partial charge in [-0.25, -0.2) is 9.78 Å². The molecule has 4 aromatic rings. The van der Waals surface area contributed by atoms with Gasteiger partial charge in [0.05, 0.1) is 5.52 Å². The van der Waals surface area contributed by atoms with Crippen LogP contribution in [0.2, 0.25) is 0 Å². The Morgan fingerprint density at radius 3 is 2.43 bits per heavy atom. The van der Waals surface area contributed by atoms with E-state index in [9.17, 15) is 14.4 Å². The highest BCUT2D eigenvalue weighted by molar-refractivity contribution is 6.02. The maximum Gasteiger partial charge on any atom is 0.407 e. The van der Waals surface area contributed by atoms with Gasteiger partial charge >= 0.3 is 6.09 Å². The van der Waals surface area contributed by atoms with Crippen LogP contribution in [0.3, 0.4) is 0 Å². The van der Waals surface area contributed by atoms with E-state index in [0.717, 1.165) is 5.56 Å². The summed E-state index contributed by atoms with van der Waals surface area (Å²) in [6.45, 7) is 6.11. The Kier molecular flexibility index (Phi) is 7.23. The molecule has 3 amide bonds. The Hall–Kier alpha value is -4.67. The summed E-state index contributed by atoms with van der Waals surface area (Å²) in [5.41, 5.74) is 7.94. The predicted molar refractivity (Wildman–Crippen MR) is 139 cm³/mol. The highest BCUT2D eigenvalue weighted by Crippen LogP contribution is 2.29. The smallest absolute Gasteiger partial charge is 0.407 e. The summed E-state index contributed by atoms with van der Waals surface area (Å²) >= 11 is 0. The summed E-state index contributed by atoms with van der Waals surface area (Å²) in [7, 11) is 0. The van der Waals surface area contributed by atoms with E-state index in [1.165, 1.54) is 0 Å². The number of aromatic amines is 2. The highest BCUT2D eigenvalue weighted by atomic mass is 16.6. The molecule has 2 heterocycles. The zero-order valence-electron chi connectivity index (χ0n) is 20.8. The number of hydrogen-bond donors (Lipinski definition) is 5. The number of H-pyrrole nitrogens is 2. The van der Waals surface area contributed by atoms with E-state index in [0.29, 0.717) is 53.2 Å². The van der Waals surface area contributed by atoms with Crippen LogP contribution in [0, 0.1) is 0 Å². The number of benzene rings is 2. The average Bonchev–Trinajstić information content (AvgIpc) is 3.47. The lowest BCUT2D eigenvalue weighted by Crippen LogP contribution is -2.34. The fraction of sp³-hybridized carbons (Fsp3) is 0.269. The second kappa shape index (κ2) is 10.5. The number of aromatic nitrogens is 4. The number of nitrogens with one attached hydrogen (secondary N) is 4. The first kappa shape index (κ1) is 25.4. The number of rotatable bonds is 8. The fourth-order valence-electron chi connectivity index (χ4n) is 3.70. The number of imidazole rings is 1. The minimum atomic E-state index is -0.640. The van der Waals surface area contributed by atoms with Crippen LogP contribution < -0.4 is 16.4 Å².